The van der Waals surface area contributed by atoms with Crippen molar-refractivity contribution in [1.82, 2.24) is 4.90 Å². The number of urea groups is 1. The monoisotopic (exact) mass is 324 g/mol. The zero-order chi connectivity index (χ0) is 16.6. The first-order valence-corrected chi connectivity index (χ1v) is 6.38. The summed E-state index contributed by atoms with van der Waals surface area (Å²) in [5, 5.41) is 11.3. The SMILES string of the molecule is O=C(Nc1cccc(F)c1)N(CCO)CCOCC(F)(F)F. The van der Waals surface area contributed by atoms with Gasteiger partial charge in [-0.05, 0) is 18.2 Å². The van der Waals surface area contributed by atoms with Gasteiger partial charge in [0.25, 0.3) is 0 Å². The summed E-state index contributed by atoms with van der Waals surface area (Å²) in [7, 11) is 0. The van der Waals surface area contributed by atoms with Crippen molar-refractivity contribution in [2.75, 3.05) is 38.2 Å². The largest absolute Gasteiger partial charge is 0.411 e. The smallest absolute Gasteiger partial charge is 0.395 e. The zero-order valence-electron chi connectivity index (χ0n) is 11.6. The highest BCUT2D eigenvalue weighted by atomic mass is 19.4. The number of hydrogen-bond acceptors (Lipinski definition) is 3. The van der Waals surface area contributed by atoms with Crippen molar-refractivity contribution in [3.05, 3.63) is 30.1 Å². The lowest BCUT2D eigenvalue weighted by molar-refractivity contribution is -0.174. The second-order valence-corrected chi connectivity index (χ2v) is 4.32. The molecule has 0 saturated heterocycles. The van der Waals surface area contributed by atoms with Crippen molar-refractivity contribution in [2.45, 2.75) is 6.18 Å². The summed E-state index contributed by atoms with van der Waals surface area (Å²) >= 11 is 0. The normalized spacial score (nSPS) is 11.3. The predicted octanol–water partition coefficient (Wildman–Crippen LogP) is 2.23. The van der Waals surface area contributed by atoms with Gasteiger partial charge in [0.1, 0.15) is 12.4 Å². The molecule has 9 heteroatoms. The topological polar surface area (TPSA) is 61.8 Å². The van der Waals surface area contributed by atoms with Crippen LogP contribution in [-0.4, -0.2) is 55.1 Å². The van der Waals surface area contributed by atoms with Gasteiger partial charge in [0.05, 0.1) is 13.2 Å². The van der Waals surface area contributed by atoms with E-state index in [1.165, 1.54) is 18.2 Å². The van der Waals surface area contributed by atoms with Gasteiger partial charge in [-0.15, -0.1) is 0 Å². The van der Waals surface area contributed by atoms with E-state index in [-0.39, 0.29) is 32.0 Å². The molecule has 0 aliphatic carbocycles. The summed E-state index contributed by atoms with van der Waals surface area (Å²) in [6.45, 7) is -2.34. The van der Waals surface area contributed by atoms with Gasteiger partial charge in [0.15, 0.2) is 0 Å². The Balaban J connectivity index is 2.49. The number of benzene rings is 1. The van der Waals surface area contributed by atoms with Crippen LogP contribution in [0, 0.1) is 5.82 Å². The van der Waals surface area contributed by atoms with Gasteiger partial charge in [-0.1, -0.05) is 6.07 Å². The van der Waals surface area contributed by atoms with Crippen molar-refractivity contribution in [2.24, 2.45) is 0 Å². The fourth-order valence-corrected chi connectivity index (χ4v) is 1.57. The van der Waals surface area contributed by atoms with Gasteiger partial charge in [-0.2, -0.15) is 13.2 Å². The van der Waals surface area contributed by atoms with E-state index in [2.05, 4.69) is 10.1 Å². The highest BCUT2D eigenvalue weighted by Crippen LogP contribution is 2.14. The van der Waals surface area contributed by atoms with Gasteiger partial charge in [0.2, 0.25) is 0 Å². The molecule has 0 unspecified atom stereocenters. The maximum Gasteiger partial charge on any atom is 0.411 e. The summed E-state index contributed by atoms with van der Waals surface area (Å²) in [5.74, 6) is -0.542. The van der Waals surface area contributed by atoms with Gasteiger partial charge in [-0.3, -0.25) is 0 Å². The van der Waals surface area contributed by atoms with E-state index in [0.717, 1.165) is 11.0 Å². The third-order valence-corrected chi connectivity index (χ3v) is 2.50. The lowest BCUT2D eigenvalue weighted by Gasteiger charge is -2.22. The molecule has 124 valence electrons. The molecule has 2 amide bonds. The maximum absolute atomic E-state index is 13.0. The molecule has 0 aromatic heterocycles. The molecule has 0 aliphatic rings. The van der Waals surface area contributed by atoms with E-state index >= 15 is 0 Å². The summed E-state index contributed by atoms with van der Waals surface area (Å²) in [6, 6.07) is 4.48. The fourth-order valence-electron chi connectivity index (χ4n) is 1.57. The van der Waals surface area contributed by atoms with Crippen LogP contribution < -0.4 is 5.32 Å². The number of carbonyl (C=O) groups excluding carboxylic acids is 1. The molecule has 1 rings (SSSR count). The maximum atomic E-state index is 13.0. The van der Waals surface area contributed by atoms with Crippen LogP contribution in [0.1, 0.15) is 0 Å². The van der Waals surface area contributed by atoms with Crippen LogP contribution in [0.15, 0.2) is 24.3 Å². The molecule has 0 saturated carbocycles. The quantitative estimate of drug-likeness (QED) is 0.597. The number of amides is 2. The van der Waals surface area contributed by atoms with Crippen molar-refractivity contribution in [3.63, 3.8) is 0 Å². The highest BCUT2D eigenvalue weighted by molar-refractivity contribution is 5.89. The molecule has 0 aliphatic heterocycles. The lowest BCUT2D eigenvalue weighted by Crippen LogP contribution is -2.39. The van der Waals surface area contributed by atoms with E-state index in [0.29, 0.717) is 0 Å². The lowest BCUT2D eigenvalue weighted by atomic mass is 10.3. The zero-order valence-corrected chi connectivity index (χ0v) is 11.6. The number of aliphatic hydroxyl groups is 1. The number of alkyl halides is 3. The molecule has 0 bridgehead atoms. The molecule has 0 radical (unpaired) electrons. The Morgan fingerprint density at radius 2 is 2.05 bits per heavy atom. The average molecular weight is 324 g/mol. The minimum absolute atomic E-state index is 0.0868. The number of aliphatic hydroxyl groups excluding tert-OH is 1. The molecule has 5 nitrogen and oxygen atoms in total. The fraction of sp³-hybridized carbons (Fsp3) is 0.462. The van der Waals surface area contributed by atoms with Crippen LogP contribution in [0.25, 0.3) is 0 Å². The van der Waals surface area contributed by atoms with E-state index in [9.17, 15) is 22.4 Å². The third kappa shape index (κ3) is 7.23. The number of hydrogen-bond donors (Lipinski definition) is 2. The Bertz CT molecular complexity index is 483. The summed E-state index contributed by atoms with van der Waals surface area (Å²) in [4.78, 5) is 13.0. The molecule has 0 heterocycles. The molecule has 1 aromatic carbocycles. The number of nitrogens with one attached hydrogen (secondary N) is 1. The molecular weight excluding hydrogens is 308 g/mol. The highest BCUT2D eigenvalue weighted by Gasteiger charge is 2.27. The van der Waals surface area contributed by atoms with Crippen molar-refractivity contribution in [3.8, 4) is 0 Å². The number of anilines is 1. The molecule has 1 aromatic rings. The molecule has 0 fully saturated rings. The van der Waals surface area contributed by atoms with E-state index in [1.807, 2.05) is 0 Å². The number of halogens is 4. The number of nitrogens with zero attached hydrogens (tertiary/aromatic N) is 1. The van der Waals surface area contributed by atoms with E-state index < -0.39 is 24.6 Å². The summed E-state index contributed by atoms with van der Waals surface area (Å²) < 4.78 is 53.2. The van der Waals surface area contributed by atoms with Crippen molar-refractivity contribution >= 4 is 11.7 Å². The first kappa shape index (κ1) is 18.2. The predicted molar refractivity (Wildman–Crippen MR) is 71.0 cm³/mol. The minimum Gasteiger partial charge on any atom is -0.395 e. The van der Waals surface area contributed by atoms with E-state index in [4.69, 9.17) is 5.11 Å². The average Bonchev–Trinajstić information content (AvgIpc) is 2.41. The van der Waals surface area contributed by atoms with Crippen LogP contribution in [-0.2, 0) is 4.74 Å². The molecule has 22 heavy (non-hydrogen) atoms. The van der Waals surface area contributed by atoms with Crippen LogP contribution in [0.3, 0.4) is 0 Å². The van der Waals surface area contributed by atoms with Crippen molar-refractivity contribution < 1.29 is 32.2 Å². The summed E-state index contributed by atoms with van der Waals surface area (Å²) in [6.07, 6.45) is -4.44. The first-order chi connectivity index (χ1) is 10.3. The number of carbonyl (C=O) groups is 1. The third-order valence-electron chi connectivity index (χ3n) is 2.50. The standard InChI is InChI=1S/C13H16F4N2O3/c14-10-2-1-3-11(8-10)18-12(21)19(4-6-20)5-7-22-9-13(15,16)17/h1-3,8,20H,4-7,9H2,(H,18,21). The van der Waals surface area contributed by atoms with Crippen LogP contribution >= 0.6 is 0 Å². The Kier molecular flexibility index (Phi) is 7.06. The van der Waals surface area contributed by atoms with Gasteiger partial charge >= 0.3 is 12.2 Å². The van der Waals surface area contributed by atoms with Crippen LogP contribution in [0.2, 0.25) is 0 Å². The molecule has 0 atom stereocenters. The van der Waals surface area contributed by atoms with E-state index in [1.54, 1.807) is 0 Å². The molecular formula is C13H16F4N2O3. The van der Waals surface area contributed by atoms with Gasteiger partial charge in [-0.25, -0.2) is 9.18 Å². The van der Waals surface area contributed by atoms with Crippen LogP contribution in [0.4, 0.5) is 28.0 Å². The molecule has 2 N–H and O–H groups in total. The minimum atomic E-state index is -4.44. The van der Waals surface area contributed by atoms with Gasteiger partial charge < -0.3 is 20.1 Å². The number of ether oxygens (including phenoxy) is 1. The Labute approximate surface area is 124 Å². The number of rotatable bonds is 7. The summed E-state index contributed by atoms with van der Waals surface area (Å²) in [5.41, 5.74) is 0.198. The van der Waals surface area contributed by atoms with Crippen LogP contribution in [0.5, 0.6) is 0 Å². The Morgan fingerprint density at radius 1 is 1.32 bits per heavy atom. The van der Waals surface area contributed by atoms with Gasteiger partial charge in [0, 0.05) is 18.8 Å². The second kappa shape index (κ2) is 8.54. The molecule has 0 spiro atoms. The second-order valence-electron chi connectivity index (χ2n) is 4.32. The Hall–Kier alpha value is -1.87. The Morgan fingerprint density at radius 3 is 2.64 bits per heavy atom. The first-order valence-electron chi connectivity index (χ1n) is 6.38. The van der Waals surface area contributed by atoms with Crippen molar-refractivity contribution in [1.29, 1.82) is 0 Å².